The minimum absolute atomic E-state index is 0.206. The third kappa shape index (κ3) is 9.22. The molecule has 0 saturated heterocycles. The molecule has 2 unspecified atom stereocenters. The largest absolute Gasteiger partial charge is 0.456 e. The highest BCUT2D eigenvalue weighted by atomic mass is 28.4. The van der Waals surface area contributed by atoms with Crippen molar-refractivity contribution >= 4 is 34.5 Å². The molecule has 9 nitrogen and oxygen atoms in total. The normalized spacial score (nSPS) is 25.5. The summed E-state index contributed by atoms with van der Waals surface area (Å²) in [5.74, 6) is -1.80. The maximum absolute atomic E-state index is 12.5. The number of benzene rings is 1. The predicted octanol–water partition coefficient (Wildman–Crippen LogP) is 6.16. The van der Waals surface area contributed by atoms with Gasteiger partial charge in [-0.15, -0.1) is 0 Å². The lowest BCUT2D eigenvalue weighted by molar-refractivity contribution is -0.250. The second-order valence-electron chi connectivity index (χ2n) is 14.2. The first-order valence-corrected chi connectivity index (χ1v) is 20.4. The number of hydrogen-bond donors (Lipinski definition) is 0. The van der Waals surface area contributed by atoms with Gasteiger partial charge in [0, 0.05) is 20.8 Å². The van der Waals surface area contributed by atoms with Crippen LogP contribution in [0.4, 0.5) is 0 Å². The van der Waals surface area contributed by atoms with Gasteiger partial charge in [-0.05, 0) is 41.8 Å². The molecule has 0 radical (unpaired) electrons. The SMILES string of the molecule is CC(=O)OC1[C@@H](OC(C)=O)[C@H](O[Si](C)(C)C(C)(C)C)C(OCc2ccccc2)[C@H](O[Si](C)(C)C(C)(C)C)[C@H]1OC(C)=O. The smallest absolute Gasteiger partial charge is 0.303 e. The van der Waals surface area contributed by atoms with E-state index in [2.05, 4.69) is 67.7 Å². The summed E-state index contributed by atoms with van der Waals surface area (Å²) in [7, 11) is -5.09. The minimum Gasteiger partial charge on any atom is -0.456 e. The van der Waals surface area contributed by atoms with Crippen LogP contribution in [0.25, 0.3) is 0 Å². The van der Waals surface area contributed by atoms with Crippen molar-refractivity contribution in [2.45, 2.75) is 142 Å². The van der Waals surface area contributed by atoms with E-state index < -0.39 is 71.2 Å². The lowest BCUT2D eigenvalue weighted by Gasteiger charge is -2.53. The van der Waals surface area contributed by atoms with E-state index in [0.29, 0.717) is 0 Å². The van der Waals surface area contributed by atoms with Gasteiger partial charge in [0.2, 0.25) is 0 Å². The van der Waals surface area contributed by atoms with Crippen LogP contribution in [0.1, 0.15) is 67.9 Å². The maximum Gasteiger partial charge on any atom is 0.303 e. The Morgan fingerprint density at radius 2 is 0.929 bits per heavy atom. The molecule has 1 aliphatic carbocycles. The van der Waals surface area contributed by atoms with Crippen molar-refractivity contribution in [1.82, 2.24) is 0 Å². The summed E-state index contributed by atoms with van der Waals surface area (Å²) < 4.78 is 38.2. The topological polar surface area (TPSA) is 107 Å². The van der Waals surface area contributed by atoms with Crippen LogP contribution in [-0.2, 0) is 48.8 Å². The Hall–Kier alpha value is -2.06. The Morgan fingerprint density at radius 3 is 1.24 bits per heavy atom. The van der Waals surface area contributed by atoms with Crippen LogP contribution < -0.4 is 0 Å². The third-order valence-electron chi connectivity index (χ3n) is 8.61. The molecule has 0 heterocycles. The zero-order valence-electron chi connectivity index (χ0n) is 27.7. The van der Waals surface area contributed by atoms with E-state index in [1.807, 2.05) is 30.3 Å². The van der Waals surface area contributed by atoms with Crippen molar-refractivity contribution in [3.8, 4) is 0 Å². The Kier molecular flexibility index (Phi) is 11.8. The number of esters is 3. The van der Waals surface area contributed by atoms with Crippen LogP contribution in [0.2, 0.25) is 36.3 Å². The summed E-state index contributed by atoms with van der Waals surface area (Å²) in [5.41, 5.74) is 0.921. The first kappa shape index (κ1) is 36.1. The molecule has 6 atom stereocenters. The minimum atomic E-state index is -2.55. The average molecular weight is 625 g/mol. The fourth-order valence-corrected chi connectivity index (χ4v) is 6.96. The molecule has 0 aliphatic heterocycles. The second kappa shape index (κ2) is 13.7. The van der Waals surface area contributed by atoms with Crippen LogP contribution in [0.3, 0.4) is 0 Å². The Balaban J connectivity index is 2.84. The van der Waals surface area contributed by atoms with E-state index >= 15 is 0 Å². The first-order chi connectivity index (χ1) is 19.1. The number of hydrogen-bond acceptors (Lipinski definition) is 9. The van der Waals surface area contributed by atoms with Crippen molar-refractivity contribution < 1.29 is 42.2 Å². The summed E-state index contributed by atoms with van der Waals surface area (Å²) in [4.78, 5) is 37.5. The van der Waals surface area contributed by atoms with E-state index in [-0.39, 0.29) is 16.7 Å². The van der Waals surface area contributed by atoms with Crippen molar-refractivity contribution in [3.63, 3.8) is 0 Å². The number of ether oxygens (including phenoxy) is 4. The number of carbonyl (C=O) groups is 3. The fourth-order valence-electron chi connectivity index (χ4n) is 4.36. The van der Waals surface area contributed by atoms with E-state index in [0.717, 1.165) is 5.56 Å². The maximum atomic E-state index is 12.5. The highest BCUT2D eigenvalue weighted by molar-refractivity contribution is 6.74. The molecule has 1 fully saturated rings. The number of carbonyl (C=O) groups excluding carboxylic acids is 3. The van der Waals surface area contributed by atoms with Crippen LogP contribution >= 0.6 is 0 Å². The molecular weight excluding hydrogens is 573 g/mol. The molecule has 238 valence electrons. The highest BCUT2D eigenvalue weighted by Gasteiger charge is 2.61. The van der Waals surface area contributed by atoms with Gasteiger partial charge < -0.3 is 27.8 Å². The molecule has 11 heteroatoms. The molecule has 0 N–H and O–H groups in total. The van der Waals surface area contributed by atoms with Crippen molar-refractivity contribution in [3.05, 3.63) is 35.9 Å². The molecule has 1 aliphatic rings. The molecule has 1 aromatic rings. The predicted molar refractivity (Wildman–Crippen MR) is 166 cm³/mol. The highest BCUT2D eigenvalue weighted by Crippen LogP contribution is 2.45. The standard InChI is InChI=1S/C31H52O9Si2/c1-20(32)36-25-26(37-21(2)33)28(39-41(10,11)30(4,5)6)24(35-19-23-17-15-14-16-18-23)29(27(25)38-22(3)34)40-42(12,13)31(7,8)9/h14-18,24-29H,19H2,1-13H3/t24?,25?,26-,27+,28-,29+. The summed E-state index contributed by atoms with van der Waals surface area (Å²) >= 11 is 0. The summed E-state index contributed by atoms with van der Waals surface area (Å²) in [6.07, 6.45) is -6.03. The fraction of sp³-hybridized carbons (Fsp3) is 0.710. The van der Waals surface area contributed by atoms with Gasteiger partial charge in [0.25, 0.3) is 0 Å². The molecule has 0 bridgehead atoms. The molecular formula is C31H52O9Si2. The van der Waals surface area contributed by atoms with Crippen molar-refractivity contribution in [2.24, 2.45) is 0 Å². The summed E-state index contributed by atoms with van der Waals surface area (Å²) in [6.45, 7) is 25.1. The molecule has 0 aromatic heterocycles. The van der Waals surface area contributed by atoms with Gasteiger partial charge in [0.05, 0.1) is 6.61 Å². The van der Waals surface area contributed by atoms with Crippen LogP contribution in [0.5, 0.6) is 0 Å². The van der Waals surface area contributed by atoms with E-state index in [4.69, 9.17) is 27.8 Å². The van der Waals surface area contributed by atoms with Gasteiger partial charge in [-0.2, -0.15) is 0 Å². The Labute approximate surface area is 254 Å². The van der Waals surface area contributed by atoms with Crippen LogP contribution in [-0.4, -0.2) is 71.2 Å². The summed E-state index contributed by atoms with van der Waals surface area (Å²) in [6, 6.07) is 9.67. The zero-order chi connectivity index (χ0) is 32.3. The zero-order valence-corrected chi connectivity index (χ0v) is 29.7. The van der Waals surface area contributed by atoms with Gasteiger partial charge in [-0.1, -0.05) is 71.9 Å². The van der Waals surface area contributed by atoms with E-state index in [9.17, 15) is 14.4 Å². The monoisotopic (exact) mass is 624 g/mol. The van der Waals surface area contributed by atoms with E-state index in [1.165, 1.54) is 20.8 Å². The van der Waals surface area contributed by atoms with E-state index in [1.54, 1.807) is 0 Å². The van der Waals surface area contributed by atoms with Gasteiger partial charge in [-0.25, -0.2) is 0 Å². The first-order valence-electron chi connectivity index (χ1n) is 14.6. The lowest BCUT2D eigenvalue weighted by Crippen LogP contribution is -2.71. The van der Waals surface area contributed by atoms with Gasteiger partial charge in [-0.3, -0.25) is 14.4 Å². The lowest BCUT2D eigenvalue weighted by atomic mass is 9.84. The number of rotatable bonds is 10. The van der Waals surface area contributed by atoms with Crippen molar-refractivity contribution in [2.75, 3.05) is 0 Å². The van der Waals surface area contributed by atoms with Crippen molar-refractivity contribution in [1.29, 1.82) is 0 Å². The molecule has 42 heavy (non-hydrogen) atoms. The van der Waals surface area contributed by atoms with Gasteiger partial charge in [0.15, 0.2) is 34.9 Å². The average Bonchev–Trinajstić information content (AvgIpc) is 2.81. The summed E-state index contributed by atoms with van der Waals surface area (Å²) in [5, 5.41) is -0.422. The molecule has 1 saturated carbocycles. The van der Waals surface area contributed by atoms with Crippen LogP contribution in [0, 0.1) is 0 Å². The third-order valence-corrected chi connectivity index (χ3v) is 17.6. The second-order valence-corrected chi connectivity index (χ2v) is 23.7. The Morgan fingerprint density at radius 1 is 0.595 bits per heavy atom. The molecule has 1 aromatic carbocycles. The molecule has 0 spiro atoms. The Bertz CT molecular complexity index is 1020. The quantitative estimate of drug-likeness (QED) is 0.172. The van der Waals surface area contributed by atoms with Gasteiger partial charge >= 0.3 is 17.9 Å². The molecule has 0 amide bonds. The van der Waals surface area contributed by atoms with Crippen LogP contribution in [0.15, 0.2) is 30.3 Å². The van der Waals surface area contributed by atoms with Gasteiger partial charge in [0.1, 0.15) is 18.3 Å². The molecule has 2 rings (SSSR count).